The fraction of sp³-hybridized carbons (Fsp3) is 0.273. The van der Waals surface area contributed by atoms with Gasteiger partial charge in [0.1, 0.15) is 12.2 Å². The molecule has 0 fully saturated rings. The summed E-state index contributed by atoms with van der Waals surface area (Å²) < 4.78 is 0. The minimum Gasteiger partial charge on any atom is -0.364 e. The summed E-state index contributed by atoms with van der Waals surface area (Å²) in [6.45, 7) is 4.00. The SMILES string of the molecule is CC#Cc1cncc(C2=CC=CC([C@]3(C)Cc4ncncc4C(=N)N3)C2)c1. The Morgan fingerprint density at radius 1 is 1.26 bits per heavy atom. The summed E-state index contributed by atoms with van der Waals surface area (Å²) in [5, 5.41) is 11.8. The second-order valence-corrected chi connectivity index (χ2v) is 7.20. The lowest BCUT2D eigenvalue weighted by molar-refractivity contribution is 0.302. The Morgan fingerprint density at radius 2 is 2.15 bits per heavy atom. The van der Waals surface area contributed by atoms with E-state index in [0.717, 1.165) is 35.2 Å². The van der Waals surface area contributed by atoms with Crippen LogP contribution in [-0.4, -0.2) is 26.3 Å². The lowest BCUT2D eigenvalue weighted by Crippen LogP contribution is -2.56. The smallest absolute Gasteiger partial charge is 0.129 e. The molecule has 1 aliphatic carbocycles. The molecule has 0 saturated heterocycles. The molecule has 5 nitrogen and oxygen atoms in total. The largest absolute Gasteiger partial charge is 0.364 e. The van der Waals surface area contributed by atoms with Crippen molar-refractivity contribution in [2.24, 2.45) is 5.92 Å². The van der Waals surface area contributed by atoms with E-state index in [1.807, 2.05) is 13.1 Å². The molecule has 2 atom stereocenters. The van der Waals surface area contributed by atoms with E-state index >= 15 is 0 Å². The van der Waals surface area contributed by atoms with Gasteiger partial charge >= 0.3 is 0 Å². The Kier molecular flexibility index (Phi) is 4.33. The van der Waals surface area contributed by atoms with Crippen LogP contribution >= 0.6 is 0 Å². The number of allylic oxidation sites excluding steroid dienone is 3. The van der Waals surface area contributed by atoms with Gasteiger partial charge in [0.05, 0.1) is 11.3 Å². The second kappa shape index (κ2) is 6.81. The maximum atomic E-state index is 8.38. The molecule has 4 rings (SSSR count). The van der Waals surface area contributed by atoms with E-state index in [-0.39, 0.29) is 11.5 Å². The maximum absolute atomic E-state index is 8.38. The average Bonchev–Trinajstić information content (AvgIpc) is 2.69. The predicted molar refractivity (Wildman–Crippen MR) is 106 cm³/mol. The molecule has 0 spiro atoms. The lowest BCUT2D eigenvalue weighted by atomic mass is 9.73. The van der Waals surface area contributed by atoms with Crippen molar-refractivity contribution in [3.63, 3.8) is 0 Å². The standard InChI is InChI=1S/C22H21N5/c1-3-5-15-8-17(12-24-11-15)16-6-4-7-18(9-16)22(2)10-20-19(21(23)27-22)13-25-14-26-20/h4,6-8,11-14,18H,9-10H2,1-2H3,(H2,23,27)/t18?,22-/m0/s1. The van der Waals surface area contributed by atoms with Crippen molar-refractivity contribution in [2.75, 3.05) is 0 Å². The van der Waals surface area contributed by atoms with E-state index in [4.69, 9.17) is 5.41 Å². The van der Waals surface area contributed by atoms with Crippen LogP contribution in [0.5, 0.6) is 0 Å². The first-order valence-electron chi connectivity index (χ1n) is 9.00. The van der Waals surface area contributed by atoms with E-state index in [1.54, 1.807) is 18.7 Å². The van der Waals surface area contributed by atoms with E-state index < -0.39 is 0 Å². The number of hydrogen-bond acceptors (Lipinski definition) is 4. The van der Waals surface area contributed by atoms with Crippen molar-refractivity contribution in [1.29, 1.82) is 5.41 Å². The zero-order valence-corrected chi connectivity index (χ0v) is 15.5. The first-order valence-corrected chi connectivity index (χ1v) is 9.00. The summed E-state index contributed by atoms with van der Waals surface area (Å²) in [6.07, 6.45) is 15.1. The van der Waals surface area contributed by atoms with Crippen molar-refractivity contribution in [3.8, 4) is 11.8 Å². The van der Waals surface area contributed by atoms with Gasteiger partial charge in [-0.2, -0.15) is 0 Å². The van der Waals surface area contributed by atoms with E-state index in [9.17, 15) is 0 Å². The van der Waals surface area contributed by atoms with Crippen LogP contribution in [0, 0.1) is 23.2 Å². The number of nitrogens with one attached hydrogen (secondary N) is 2. The van der Waals surface area contributed by atoms with E-state index in [2.05, 4.69) is 63.3 Å². The van der Waals surface area contributed by atoms with Crippen molar-refractivity contribution >= 4 is 11.4 Å². The highest BCUT2D eigenvalue weighted by Gasteiger charge is 2.39. The predicted octanol–water partition coefficient (Wildman–Crippen LogP) is 3.13. The number of fused-ring (bicyclic) bond motifs is 1. The summed E-state index contributed by atoms with van der Waals surface area (Å²) >= 11 is 0. The Morgan fingerprint density at radius 3 is 3.00 bits per heavy atom. The Labute approximate surface area is 159 Å². The zero-order valence-electron chi connectivity index (χ0n) is 15.5. The lowest BCUT2D eigenvalue weighted by Gasteiger charge is -2.42. The van der Waals surface area contributed by atoms with Crippen LogP contribution in [0.4, 0.5) is 0 Å². The van der Waals surface area contributed by atoms with Gasteiger partial charge in [0.15, 0.2) is 0 Å². The quantitative estimate of drug-likeness (QED) is 0.812. The molecule has 2 aliphatic rings. The van der Waals surface area contributed by atoms with Crippen molar-refractivity contribution in [3.05, 3.63) is 71.6 Å². The molecule has 5 heteroatoms. The Balaban J connectivity index is 1.61. The molecule has 2 N–H and O–H groups in total. The summed E-state index contributed by atoms with van der Waals surface area (Å²) in [5.41, 5.74) is 4.71. The van der Waals surface area contributed by atoms with Crippen LogP contribution in [0.25, 0.3) is 5.57 Å². The van der Waals surface area contributed by atoms with Crippen LogP contribution in [0.3, 0.4) is 0 Å². The normalized spacial score (nSPS) is 23.6. The monoisotopic (exact) mass is 355 g/mol. The minimum absolute atomic E-state index is 0.238. The molecule has 27 heavy (non-hydrogen) atoms. The van der Waals surface area contributed by atoms with Gasteiger partial charge < -0.3 is 5.32 Å². The molecule has 0 bridgehead atoms. The molecule has 0 saturated carbocycles. The zero-order chi connectivity index (χ0) is 18.9. The highest BCUT2D eigenvalue weighted by molar-refractivity contribution is 5.98. The number of nitrogens with zero attached hydrogens (tertiary/aromatic N) is 3. The van der Waals surface area contributed by atoms with Gasteiger partial charge in [-0.15, -0.1) is 5.92 Å². The fourth-order valence-electron chi connectivity index (χ4n) is 3.83. The average molecular weight is 355 g/mol. The number of aromatic nitrogens is 3. The van der Waals surface area contributed by atoms with Gasteiger partial charge in [-0.05, 0) is 37.5 Å². The van der Waals surface area contributed by atoms with Crippen LogP contribution in [0.2, 0.25) is 0 Å². The number of amidine groups is 1. The Bertz CT molecular complexity index is 1020. The molecule has 1 aliphatic heterocycles. The first kappa shape index (κ1) is 17.2. The highest BCUT2D eigenvalue weighted by atomic mass is 15.1. The Hall–Kier alpha value is -3.26. The second-order valence-electron chi connectivity index (χ2n) is 7.20. The minimum atomic E-state index is -0.275. The molecule has 0 radical (unpaired) electrons. The molecule has 1 unspecified atom stereocenters. The van der Waals surface area contributed by atoms with Crippen LogP contribution < -0.4 is 5.32 Å². The number of pyridine rings is 1. The molecular formula is C22H21N5. The van der Waals surface area contributed by atoms with Crippen molar-refractivity contribution in [2.45, 2.75) is 32.2 Å². The summed E-state index contributed by atoms with van der Waals surface area (Å²) in [5.74, 6) is 6.63. The van der Waals surface area contributed by atoms with E-state index in [1.165, 1.54) is 5.57 Å². The molecule has 3 heterocycles. The molecule has 0 aromatic carbocycles. The fourth-order valence-corrected chi connectivity index (χ4v) is 3.83. The third kappa shape index (κ3) is 3.26. The third-order valence-corrected chi connectivity index (χ3v) is 5.29. The summed E-state index contributed by atoms with van der Waals surface area (Å²) in [4.78, 5) is 12.8. The molecule has 0 amide bonds. The molecule has 134 valence electrons. The first-order chi connectivity index (χ1) is 13.1. The van der Waals surface area contributed by atoms with Crippen molar-refractivity contribution in [1.82, 2.24) is 20.3 Å². The molecule has 2 aromatic rings. The number of hydrogen-bond donors (Lipinski definition) is 2. The van der Waals surface area contributed by atoms with Crippen LogP contribution in [-0.2, 0) is 6.42 Å². The highest BCUT2D eigenvalue weighted by Crippen LogP contribution is 2.37. The third-order valence-electron chi connectivity index (χ3n) is 5.29. The van der Waals surface area contributed by atoms with Gasteiger partial charge in [-0.25, -0.2) is 9.97 Å². The van der Waals surface area contributed by atoms with Gasteiger partial charge in [-0.3, -0.25) is 10.4 Å². The van der Waals surface area contributed by atoms with Gasteiger partial charge in [-0.1, -0.05) is 24.1 Å². The maximum Gasteiger partial charge on any atom is 0.129 e. The number of rotatable bonds is 2. The van der Waals surface area contributed by atoms with Gasteiger partial charge in [0.25, 0.3) is 0 Å². The van der Waals surface area contributed by atoms with E-state index in [0.29, 0.717) is 5.84 Å². The van der Waals surface area contributed by atoms with Crippen molar-refractivity contribution < 1.29 is 0 Å². The summed E-state index contributed by atoms with van der Waals surface area (Å²) in [7, 11) is 0. The van der Waals surface area contributed by atoms with Gasteiger partial charge in [0.2, 0.25) is 0 Å². The van der Waals surface area contributed by atoms with Crippen LogP contribution in [0.15, 0.2) is 49.2 Å². The van der Waals surface area contributed by atoms with Gasteiger partial charge in [0, 0.05) is 42.0 Å². The van der Waals surface area contributed by atoms with Crippen LogP contribution in [0.1, 0.15) is 42.7 Å². The topological polar surface area (TPSA) is 74.5 Å². The molecule has 2 aromatic heterocycles. The molecular weight excluding hydrogens is 334 g/mol. The summed E-state index contributed by atoms with van der Waals surface area (Å²) in [6, 6.07) is 2.09.